The first-order chi connectivity index (χ1) is 16.9. The van der Waals surface area contributed by atoms with Crippen LogP contribution in [0.25, 0.3) is 16.6 Å². The van der Waals surface area contributed by atoms with Crippen molar-refractivity contribution in [2.45, 2.75) is 23.9 Å². The lowest BCUT2D eigenvalue weighted by Gasteiger charge is -2.22. The Morgan fingerprint density at radius 1 is 1.03 bits per heavy atom. The molecule has 35 heavy (non-hydrogen) atoms. The SMILES string of the molecule is COC(=O)c1ccc2c(=O)n(-c3ccccc3)c(S[C@@H](C)C(=O)N(C)Cc3ccccc3)nc2c1. The van der Waals surface area contributed by atoms with E-state index in [4.69, 9.17) is 9.72 Å². The van der Waals surface area contributed by atoms with Crippen molar-refractivity contribution >= 4 is 34.5 Å². The molecule has 0 unspecified atom stereocenters. The molecule has 178 valence electrons. The minimum absolute atomic E-state index is 0.0869. The predicted molar refractivity (Wildman–Crippen MR) is 137 cm³/mol. The van der Waals surface area contributed by atoms with Gasteiger partial charge in [0.15, 0.2) is 5.16 Å². The van der Waals surface area contributed by atoms with Gasteiger partial charge >= 0.3 is 5.97 Å². The number of rotatable bonds is 7. The number of nitrogens with zero attached hydrogens (tertiary/aromatic N) is 3. The highest BCUT2D eigenvalue weighted by Crippen LogP contribution is 2.26. The van der Waals surface area contributed by atoms with E-state index >= 15 is 0 Å². The van der Waals surface area contributed by atoms with Gasteiger partial charge in [-0.25, -0.2) is 9.78 Å². The van der Waals surface area contributed by atoms with Gasteiger partial charge in [0.2, 0.25) is 5.91 Å². The summed E-state index contributed by atoms with van der Waals surface area (Å²) in [6, 6.07) is 23.6. The Bertz CT molecular complexity index is 1420. The standard InChI is InChI=1S/C27H25N3O4S/c1-18(24(31)29(2)17-19-10-6-4-7-11-19)35-27-28-23-16-20(26(33)34-3)14-15-22(23)25(32)30(27)21-12-8-5-9-13-21/h4-16,18H,17H2,1-3H3/t18-/m0/s1. The van der Waals surface area contributed by atoms with Crippen LogP contribution >= 0.6 is 11.8 Å². The van der Waals surface area contributed by atoms with E-state index in [1.807, 2.05) is 60.7 Å². The van der Waals surface area contributed by atoms with E-state index in [1.165, 1.54) is 29.5 Å². The third-order valence-corrected chi connectivity index (χ3v) is 6.58. The average Bonchev–Trinajstić information content (AvgIpc) is 2.88. The minimum Gasteiger partial charge on any atom is -0.465 e. The number of amides is 1. The van der Waals surface area contributed by atoms with Gasteiger partial charge in [0.1, 0.15) is 0 Å². The lowest BCUT2D eigenvalue weighted by atomic mass is 10.1. The molecule has 1 atom stereocenters. The molecule has 4 aromatic rings. The van der Waals surface area contributed by atoms with E-state index in [-0.39, 0.29) is 11.5 Å². The Morgan fingerprint density at radius 2 is 1.69 bits per heavy atom. The maximum atomic E-state index is 13.5. The lowest BCUT2D eigenvalue weighted by Crippen LogP contribution is -2.33. The van der Waals surface area contributed by atoms with Crippen LogP contribution in [0.1, 0.15) is 22.8 Å². The Labute approximate surface area is 207 Å². The van der Waals surface area contributed by atoms with E-state index in [1.54, 1.807) is 31.0 Å². The maximum Gasteiger partial charge on any atom is 0.337 e. The summed E-state index contributed by atoms with van der Waals surface area (Å²) < 4.78 is 6.31. The van der Waals surface area contributed by atoms with Crippen LogP contribution in [0.2, 0.25) is 0 Å². The minimum atomic E-state index is -0.513. The van der Waals surface area contributed by atoms with Gasteiger partial charge in [-0.15, -0.1) is 0 Å². The number of ether oxygens (including phenoxy) is 1. The quantitative estimate of drug-likeness (QED) is 0.220. The van der Waals surface area contributed by atoms with E-state index in [2.05, 4.69) is 0 Å². The van der Waals surface area contributed by atoms with Gasteiger partial charge in [-0.2, -0.15) is 0 Å². The van der Waals surface area contributed by atoms with Crippen molar-refractivity contribution in [1.29, 1.82) is 0 Å². The molecule has 0 spiro atoms. The highest BCUT2D eigenvalue weighted by molar-refractivity contribution is 8.00. The Kier molecular flexibility index (Phi) is 7.31. The van der Waals surface area contributed by atoms with Crippen molar-refractivity contribution in [2.24, 2.45) is 0 Å². The van der Waals surface area contributed by atoms with Gasteiger partial charge in [-0.1, -0.05) is 60.3 Å². The number of aromatic nitrogens is 2. The third kappa shape index (κ3) is 5.27. The van der Waals surface area contributed by atoms with E-state index < -0.39 is 11.2 Å². The molecule has 0 radical (unpaired) electrons. The molecule has 7 nitrogen and oxygen atoms in total. The number of thioether (sulfide) groups is 1. The first kappa shape index (κ1) is 24.2. The fourth-order valence-corrected chi connectivity index (χ4v) is 4.79. The van der Waals surface area contributed by atoms with Gasteiger partial charge in [0, 0.05) is 13.6 Å². The highest BCUT2D eigenvalue weighted by atomic mass is 32.2. The Morgan fingerprint density at radius 3 is 2.34 bits per heavy atom. The molecule has 0 saturated carbocycles. The van der Waals surface area contributed by atoms with Crippen LogP contribution in [-0.4, -0.2) is 45.7 Å². The number of para-hydroxylation sites is 1. The molecule has 0 bridgehead atoms. The normalized spacial score (nSPS) is 11.7. The number of methoxy groups -OCH3 is 1. The molecular weight excluding hydrogens is 462 g/mol. The molecule has 1 amide bonds. The van der Waals surface area contributed by atoms with Crippen molar-refractivity contribution in [3.63, 3.8) is 0 Å². The third-order valence-electron chi connectivity index (χ3n) is 5.54. The first-order valence-corrected chi connectivity index (χ1v) is 11.9. The zero-order valence-electron chi connectivity index (χ0n) is 19.7. The van der Waals surface area contributed by atoms with Crippen LogP contribution in [0.15, 0.2) is 88.8 Å². The summed E-state index contributed by atoms with van der Waals surface area (Å²) in [6.07, 6.45) is 0. The average molecular weight is 488 g/mol. The van der Waals surface area contributed by atoms with Crippen LogP contribution in [0, 0.1) is 0 Å². The summed E-state index contributed by atoms with van der Waals surface area (Å²) in [5, 5.41) is 0.225. The Hall–Kier alpha value is -3.91. The zero-order chi connectivity index (χ0) is 24.9. The number of fused-ring (bicyclic) bond motifs is 1. The van der Waals surface area contributed by atoms with Crippen molar-refractivity contribution in [1.82, 2.24) is 14.5 Å². The molecule has 0 aliphatic rings. The van der Waals surface area contributed by atoms with Crippen LogP contribution in [0.3, 0.4) is 0 Å². The van der Waals surface area contributed by atoms with Gasteiger partial charge < -0.3 is 9.64 Å². The monoisotopic (exact) mass is 487 g/mol. The van der Waals surface area contributed by atoms with Gasteiger partial charge in [0.25, 0.3) is 5.56 Å². The molecular formula is C27H25N3O4S. The fraction of sp³-hybridized carbons (Fsp3) is 0.185. The summed E-state index contributed by atoms with van der Waals surface area (Å²) in [6.45, 7) is 2.27. The van der Waals surface area contributed by atoms with E-state index in [0.29, 0.717) is 33.9 Å². The van der Waals surface area contributed by atoms with E-state index in [0.717, 1.165) is 5.56 Å². The molecule has 4 rings (SSSR count). The van der Waals surface area contributed by atoms with E-state index in [9.17, 15) is 14.4 Å². The Balaban J connectivity index is 1.73. The number of hydrogen-bond acceptors (Lipinski definition) is 6. The molecule has 0 aliphatic heterocycles. The smallest absolute Gasteiger partial charge is 0.337 e. The highest BCUT2D eigenvalue weighted by Gasteiger charge is 2.23. The van der Waals surface area contributed by atoms with Crippen molar-refractivity contribution in [3.05, 3.63) is 100 Å². The van der Waals surface area contributed by atoms with Crippen LogP contribution in [-0.2, 0) is 16.1 Å². The molecule has 0 N–H and O–H groups in total. The number of hydrogen-bond donors (Lipinski definition) is 0. The van der Waals surface area contributed by atoms with Crippen LogP contribution in [0.4, 0.5) is 0 Å². The van der Waals surface area contributed by atoms with Crippen LogP contribution < -0.4 is 5.56 Å². The van der Waals surface area contributed by atoms with Gasteiger partial charge in [-0.05, 0) is 42.8 Å². The summed E-state index contributed by atoms with van der Waals surface area (Å²) in [7, 11) is 3.06. The van der Waals surface area contributed by atoms with Crippen molar-refractivity contribution in [2.75, 3.05) is 14.2 Å². The number of benzene rings is 3. The molecule has 0 aliphatic carbocycles. The zero-order valence-corrected chi connectivity index (χ0v) is 20.5. The summed E-state index contributed by atoms with van der Waals surface area (Å²) in [5.41, 5.74) is 2.05. The van der Waals surface area contributed by atoms with Crippen molar-refractivity contribution < 1.29 is 14.3 Å². The molecule has 1 heterocycles. The number of esters is 1. The van der Waals surface area contributed by atoms with Gasteiger partial charge in [-0.3, -0.25) is 14.2 Å². The second-order valence-corrected chi connectivity index (χ2v) is 9.34. The van der Waals surface area contributed by atoms with Crippen molar-refractivity contribution in [3.8, 4) is 5.69 Å². The predicted octanol–water partition coefficient (Wildman–Crippen LogP) is 4.31. The molecule has 1 aromatic heterocycles. The summed E-state index contributed by atoms with van der Waals surface area (Å²) >= 11 is 1.21. The lowest BCUT2D eigenvalue weighted by molar-refractivity contribution is -0.129. The topological polar surface area (TPSA) is 81.5 Å². The fourth-order valence-electron chi connectivity index (χ4n) is 3.75. The summed E-state index contributed by atoms with van der Waals surface area (Å²) in [5.74, 6) is -0.600. The maximum absolute atomic E-state index is 13.5. The second kappa shape index (κ2) is 10.6. The van der Waals surface area contributed by atoms with Crippen LogP contribution in [0.5, 0.6) is 0 Å². The summed E-state index contributed by atoms with van der Waals surface area (Å²) in [4.78, 5) is 45.1. The number of carbonyl (C=O) groups is 2. The number of carbonyl (C=O) groups excluding carboxylic acids is 2. The second-order valence-electron chi connectivity index (χ2n) is 8.03. The van der Waals surface area contributed by atoms with Gasteiger partial charge in [0.05, 0.1) is 34.5 Å². The largest absolute Gasteiger partial charge is 0.465 e. The molecule has 0 saturated heterocycles. The molecule has 0 fully saturated rings. The first-order valence-electron chi connectivity index (χ1n) is 11.0. The molecule has 3 aromatic carbocycles. The molecule has 8 heteroatoms.